The first-order chi connectivity index (χ1) is 7.51. The largest absolute Gasteiger partial charge is 0.600 e. The highest BCUT2D eigenvalue weighted by molar-refractivity contribution is 5.22. The third-order valence-corrected chi connectivity index (χ3v) is 1.57. The fourth-order valence-corrected chi connectivity index (χ4v) is 1.01. The van der Waals surface area contributed by atoms with Gasteiger partial charge in [0.2, 0.25) is 5.95 Å². The second kappa shape index (κ2) is 5.60. The van der Waals surface area contributed by atoms with Crippen LogP contribution in [0.4, 0.5) is 5.95 Å². The van der Waals surface area contributed by atoms with E-state index in [2.05, 4.69) is 20.3 Å². The van der Waals surface area contributed by atoms with Gasteiger partial charge in [0.05, 0.1) is 0 Å². The summed E-state index contributed by atoms with van der Waals surface area (Å²) in [6.07, 6.45) is 0. The zero-order valence-corrected chi connectivity index (χ0v) is 8.47. The predicted octanol–water partition coefficient (Wildman–Crippen LogP) is -3.54. The minimum Gasteiger partial charge on any atom is -0.600 e. The fraction of sp³-hybridized carbons (Fsp3) is 0.500. The zero-order chi connectivity index (χ0) is 12.1. The minimum absolute atomic E-state index is 0.0306. The van der Waals surface area contributed by atoms with Crippen molar-refractivity contribution in [1.29, 1.82) is 0 Å². The van der Waals surface area contributed by atoms with Crippen LogP contribution in [0.15, 0.2) is 0 Å². The van der Waals surface area contributed by atoms with E-state index < -0.39 is 10.5 Å². The number of hydrogen-bond acceptors (Lipinski definition) is 8. The maximum Gasteiger partial charge on any atom is 0.226 e. The first kappa shape index (κ1) is 12.6. The van der Waals surface area contributed by atoms with Gasteiger partial charge in [0, 0.05) is 7.05 Å². The number of hydroxylamine groups is 4. The van der Waals surface area contributed by atoms with Gasteiger partial charge in [-0.25, -0.2) is 25.9 Å². The van der Waals surface area contributed by atoms with Crippen molar-refractivity contribution in [2.45, 2.75) is 13.1 Å². The second-order valence-electron chi connectivity index (χ2n) is 2.88. The minimum atomic E-state index is -1.09. The number of quaternary nitrogens is 2. The molecule has 0 aliphatic heterocycles. The van der Waals surface area contributed by atoms with E-state index in [0.29, 0.717) is 0 Å². The summed E-state index contributed by atoms with van der Waals surface area (Å²) in [7, 11) is 1.55. The van der Waals surface area contributed by atoms with Gasteiger partial charge in [-0.05, 0) is 0 Å². The monoisotopic (exact) mass is 232 g/mol. The van der Waals surface area contributed by atoms with Crippen LogP contribution in [0.3, 0.4) is 0 Å². The molecule has 0 saturated heterocycles. The quantitative estimate of drug-likeness (QED) is 0.328. The van der Waals surface area contributed by atoms with Gasteiger partial charge >= 0.3 is 0 Å². The van der Waals surface area contributed by atoms with E-state index in [0.717, 1.165) is 0 Å². The average Bonchev–Trinajstić information content (AvgIpc) is 2.14. The zero-order valence-electron chi connectivity index (χ0n) is 8.47. The molecule has 0 radical (unpaired) electrons. The SMILES string of the molecule is CNc1nc(C[NH+]([O-])O)nc(C[NH+]([O-])O)n1. The lowest BCUT2D eigenvalue weighted by Gasteiger charge is -2.14. The van der Waals surface area contributed by atoms with Crippen molar-refractivity contribution in [2.24, 2.45) is 0 Å². The molecule has 10 heteroatoms. The van der Waals surface area contributed by atoms with Crippen molar-refractivity contribution < 1.29 is 20.9 Å². The Labute approximate surface area is 90.2 Å². The summed E-state index contributed by atoms with van der Waals surface area (Å²) in [6, 6.07) is 0. The molecule has 0 saturated carbocycles. The molecule has 0 bridgehead atoms. The Morgan fingerprint density at radius 2 is 1.50 bits per heavy atom. The molecule has 1 rings (SSSR count). The van der Waals surface area contributed by atoms with Gasteiger partial charge < -0.3 is 15.7 Å². The molecule has 1 heterocycles. The smallest absolute Gasteiger partial charge is 0.226 e. The van der Waals surface area contributed by atoms with Gasteiger partial charge in [0.25, 0.3) is 0 Å². The molecule has 90 valence electrons. The van der Waals surface area contributed by atoms with Gasteiger partial charge in [-0.3, -0.25) is 0 Å². The number of hydrogen-bond donors (Lipinski definition) is 5. The topological polar surface area (TPSA) is 146 Å². The molecule has 2 atom stereocenters. The molecular weight excluding hydrogens is 220 g/mol. The first-order valence-electron chi connectivity index (χ1n) is 4.36. The lowest BCUT2D eigenvalue weighted by molar-refractivity contribution is -1.06. The number of nitrogens with one attached hydrogen (secondary N) is 3. The van der Waals surface area contributed by atoms with Gasteiger partial charge in [-0.1, -0.05) is 0 Å². The van der Waals surface area contributed by atoms with Crippen molar-refractivity contribution in [1.82, 2.24) is 15.0 Å². The van der Waals surface area contributed by atoms with Crippen LogP contribution in [-0.2, 0) is 13.1 Å². The highest BCUT2D eigenvalue weighted by atomic mass is 16.8. The lowest BCUT2D eigenvalue weighted by atomic mass is 10.5. The van der Waals surface area contributed by atoms with Crippen molar-refractivity contribution in [3.05, 3.63) is 22.1 Å². The molecule has 0 spiro atoms. The predicted molar refractivity (Wildman–Crippen MR) is 49.0 cm³/mol. The maximum absolute atomic E-state index is 10.5. The first-order valence-corrected chi connectivity index (χ1v) is 4.36. The van der Waals surface area contributed by atoms with E-state index in [-0.39, 0.29) is 30.7 Å². The molecule has 1 aromatic rings. The number of anilines is 1. The second-order valence-corrected chi connectivity index (χ2v) is 2.88. The van der Waals surface area contributed by atoms with Gasteiger partial charge in [-0.2, -0.15) is 9.97 Å². The van der Waals surface area contributed by atoms with E-state index in [1.54, 1.807) is 7.05 Å². The van der Waals surface area contributed by atoms with Crippen LogP contribution in [0, 0.1) is 10.4 Å². The summed E-state index contributed by atoms with van der Waals surface area (Å²) in [5.74, 6) is 0.216. The third-order valence-electron chi connectivity index (χ3n) is 1.57. The molecule has 2 unspecified atom stereocenters. The van der Waals surface area contributed by atoms with E-state index in [9.17, 15) is 10.4 Å². The summed E-state index contributed by atoms with van der Waals surface area (Å²) in [5.41, 5.74) is 0. The molecule has 10 nitrogen and oxygen atoms in total. The number of aromatic nitrogens is 3. The van der Waals surface area contributed by atoms with Gasteiger partial charge in [-0.15, -0.1) is 0 Å². The van der Waals surface area contributed by atoms with E-state index in [4.69, 9.17) is 10.4 Å². The molecule has 0 aliphatic rings. The van der Waals surface area contributed by atoms with Crippen LogP contribution in [0.25, 0.3) is 0 Å². The van der Waals surface area contributed by atoms with Crippen molar-refractivity contribution >= 4 is 5.95 Å². The lowest BCUT2D eigenvalue weighted by Crippen LogP contribution is -3.03. The summed E-state index contributed by atoms with van der Waals surface area (Å²) in [5, 5.41) is 38.5. The van der Waals surface area contributed by atoms with Crippen LogP contribution < -0.4 is 15.8 Å². The Morgan fingerprint density at radius 1 is 1.06 bits per heavy atom. The highest BCUT2D eigenvalue weighted by Gasteiger charge is 2.10. The van der Waals surface area contributed by atoms with Crippen LogP contribution in [0.5, 0.6) is 0 Å². The molecule has 16 heavy (non-hydrogen) atoms. The molecule has 1 aromatic heterocycles. The Balaban J connectivity index is 2.91. The van der Waals surface area contributed by atoms with E-state index in [1.165, 1.54) is 0 Å². The fourth-order valence-electron chi connectivity index (χ4n) is 1.01. The standard InChI is InChI=1S/C6H12N6O4/c1-7-6-9-4(2-11(13)14)8-5(10-6)3-12(15)16/h11-13,15H,2-3H2,1H3,(H,7,8,9,10). The third kappa shape index (κ3) is 3.98. The summed E-state index contributed by atoms with van der Waals surface area (Å²) in [4.78, 5) is 11.3. The van der Waals surface area contributed by atoms with E-state index >= 15 is 0 Å². The summed E-state index contributed by atoms with van der Waals surface area (Å²) >= 11 is 0. The molecule has 0 amide bonds. The number of rotatable bonds is 5. The normalized spacial score (nSPS) is 14.6. The van der Waals surface area contributed by atoms with Gasteiger partial charge in [0.1, 0.15) is 0 Å². The molecule has 5 N–H and O–H groups in total. The van der Waals surface area contributed by atoms with Crippen LogP contribution in [-0.4, -0.2) is 32.4 Å². The van der Waals surface area contributed by atoms with Gasteiger partial charge in [0.15, 0.2) is 24.7 Å². The summed E-state index contributed by atoms with van der Waals surface area (Å²) < 4.78 is 0. The average molecular weight is 232 g/mol. The molecular formula is C6H12N6O4. The Kier molecular flexibility index (Phi) is 4.42. The highest BCUT2D eigenvalue weighted by Crippen LogP contribution is 1.98. The number of nitrogens with zero attached hydrogens (tertiary/aromatic N) is 3. The Bertz CT molecular complexity index is 318. The molecule has 0 fully saturated rings. The van der Waals surface area contributed by atoms with Crippen molar-refractivity contribution in [3.63, 3.8) is 0 Å². The van der Waals surface area contributed by atoms with E-state index in [1.807, 2.05) is 0 Å². The van der Waals surface area contributed by atoms with Crippen LogP contribution in [0.2, 0.25) is 0 Å². The van der Waals surface area contributed by atoms with Crippen LogP contribution >= 0.6 is 0 Å². The molecule has 0 aliphatic carbocycles. The van der Waals surface area contributed by atoms with Crippen molar-refractivity contribution in [2.75, 3.05) is 12.4 Å². The Hall–Kier alpha value is -1.43. The van der Waals surface area contributed by atoms with Crippen molar-refractivity contribution in [3.8, 4) is 0 Å². The molecule has 0 aromatic carbocycles. The Morgan fingerprint density at radius 3 is 1.81 bits per heavy atom. The maximum atomic E-state index is 10.5. The van der Waals surface area contributed by atoms with Crippen LogP contribution in [0.1, 0.15) is 11.6 Å². The summed E-state index contributed by atoms with van der Waals surface area (Å²) in [6.45, 7) is -0.742.